The van der Waals surface area contributed by atoms with Crippen LogP contribution in [0.3, 0.4) is 0 Å². The lowest BCUT2D eigenvalue weighted by Gasteiger charge is -1.98. The van der Waals surface area contributed by atoms with Gasteiger partial charge in [0.05, 0.1) is 16.2 Å². The molecule has 1 saturated heterocycles. The molecule has 7 heteroatoms. The van der Waals surface area contributed by atoms with Gasteiger partial charge in [-0.1, -0.05) is 29.8 Å². The zero-order valence-corrected chi connectivity index (χ0v) is 16.2. The number of amidine groups is 1. The second-order valence-electron chi connectivity index (χ2n) is 6.40. The molecule has 3 aromatic rings. The number of hydrogen-bond acceptors (Lipinski definition) is 5. The summed E-state index contributed by atoms with van der Waals surface area (Å²) in [6.45, 7) is 2.00. The summed E-state index contributed by atoms with van der Waals surface area (Å²) in [6.07, 6.45) is 1.66. The predicted molar refractivity (Wildman–Crippen MR) is 113 cm³/mol. The number of nitrogens with zero attached hydrogens (tertiary/aromatic N) is 1. The third kappa shape index (κ3) is 4.30. The van der Waals surface area contributed by atoms with E-state index in [2.05, 4.69) is 10.3 Å². The molecule has 144 valence electrons. The van der Waals surface area contributed by atoms with Gasteiger partial charge in [0.15, 0.2) is 5.17 Å². The van der Waals surface area contributed by atoms with Gasteiger partial charge in [-0.3, -0.25) is 4.79 Å². The minimum Gasteiger partial charge on any atom is -0.478 e. The van der Waals surface area contributed by atoms with Crippen LogP contribution < -0.4 is 5.32 Å². The number of aromatic carboxylic acids is 1. The van der Waals surface area contributed by atoms with Gasteiger partial charge in [0, 0.05) is 11.6 Å². The lowest BCUT2D eigenvalue weighted by molar-refractivity contribution is -0.115. The molecule has 1 aromatic heterocycles. The molecule has 2 N–H and O–H groups in total. The van der Waals surface area contributed by atoms with Crippen molar-refractivity contribution in [1.29, 1.82) is 0 Å². The SMILES string of the molecule is Cc1ccc(N=C2NC(=O)/C(=C\c3ccc(-c4ccc(C(=O)O)cc4)o3)S2)cc1. The Morgan fingerprint density at radius 2 is 1.79 bits per heavy atom. The highest BCUT2D eigenvalue weighted by molar-refractivity contribution is 8.18. The number of nitrogens with one attached hydrogen (secondary N) is 1. The molecule has 1 aliphatic heterocycles. The van der Waals surface area contributed by atoms with Gasteiger partial charge >= 0.3 is 5.97 Å². The molecular weight excluding hydrogens is 388 g/mol. The Balaban J connectivity index is 1.52. The summed E-state index contributed by atoms with van der Waals surface area (Å²) >= 11 is 1.25. The molecule has 0 spiro atoms. The van der Waals surface area contributed by atoms with E-state index in [0.29, 0.717) is 21.6 Å². The van der Waals surface area contributed by atoms with Crippen LogP contribution in [0, 0.1) is 6.92 Å². The largest absolute Gasteiger partial charge is 0.478 e. The smallest absolute Gasteiger partial charge is 0.335 e. The number of carbonyl (C=O) groups excluding carboxylic acids is 1. The fraction of sp³-hybridized carbons (Fsp3) is 0.0455. The Morgan fingerprint density at radius 1 is 1.07 bits per heavy atom. The van der Waals surface area contributed by atoms with Crippen molar-refractivity contribution < 1.29 is 19.1 Å². The second-order valence-corrected chi connectivity index (χ2v) is 7.43. The van der Waals surface area contributed by atoms with Gasteiger partial charge in [-0.05, 0) is 55.1 Å². The Morgan fingerprint density at radius 3 is 2.48 bits per heavy atom. The van der Waals surface area contributed by atoms with E-state index in [0.717, 1.165) is 16.8 Å². The molecule has 1 aliphatic rings. The summed E-state index contributed by atoms with van der Waals surface area (Å²) in [6, 6.07) is 17.7. The number of benzene rings is 2. The summed E-state index contributed by atoms with van der Waals surface area (Å²) in [5.74, 6) is -0.0966. The second kappa shape index (κ2) is 7.81. The minimum absolute atomic E-state index is 0.210. The van der Waals surface area contributed by atoms with Crippen molar-refractivity contribution in [1.82, 2.24) is 5.32 Å². The topological polar surface area (TPSA) is 91.9 Å². The Labute approximate surface area is 171 Å². The Kier molecular flexibility index (Phi) is 5.05. The fourth-order valence-electron chi connectivity index (χ4n) is 2.71. The first-order valence-corrected chi connectivity index (χ1v) is 9.59. The number of carbonyl (C=O) groups is 2. The van der Waals surface area contributed by atoms with E-state index >= 15 is 0 Å². The van der Waals surface area contributed by atoms with Crippen LogP contribution in [0.1, 0.15) is 21.7 Å². The first kappa shape index (κ1) is 18.8. The number of aryl methyl sites for hydroxylation is 1. The minimum atomic E-state index is -0.978. The van der Waals surface area contributed by atoms with Crippen LogP contribution in [0.15, 0.2) is 75.0 Å². The average molecular weight is 404 g/mol. The number of hydrogen-bond donors (Lipinski definition) is 2. The van der Waals surface area contributed by atoms with E-state index in [1.54, 1.807) is 30.3 Å². The molecule has 0 aliphatic carbocycles. The molecule has 1 fully saturated rings. The molecule has 0 unspecified atom stereocenters. The highest BCUT2D eigenvalue weighted by Gasteiger charge is 2.24. The Bertz CT molecular complexity index is 1140. The molecule has 6 nitrogen and oxygen atoms in total. The molecular formula is C22H16N2O4S. The van der Waals surface area contributed by atoms with Crippen LogP contribution in [0.4, 0.5) is 5.69 Å². The van der Waals surface area contributed by atoms with Gasteiger partial charge < -0.3 is 14.8 Å². The lowest BCUT2D eigenvalue weighted by Crippen LogP contribution is -2.19. The highest BCUT2D eigenvalue weighted by atomic mass is 32.2. The van der Waals surface area contributed by atoms with E-state index in [-0.39, 0.29) is 11.5 Å². The lowest BCUT2D eigenvalue weighted by atomic mass is 10.1. The molecule has 0 radical (unpaired) electrons. The molecule has 0 saturated carbocycles. The van der Waals surface area contributed by atoms with Gasteiger partial charge in [0.1, 0.15) is 11.5 Å². The van der Waals surface area contributed by atoms with Crippen molar-refractivity contribution in [3.63, 3.8) is 0 Å². The molecule has 0 bridgehead atoms. The predicted octanol–water partition coefficient (Wildman–Crippen LogP) is 4.84. The van der Waals surface area contributed by atoms with Gasteiger partial charge in [-0.15, -0.1) is 0 Å². The fourth-order valence-corrected chi connectivity index (χ4v) is 3.53. The van der Waals surface area contributed by atoms with Gasteiger partial charge in [-0.25, -0.2) is 9.79 Å². The third-order valence-corrected chi connectivity index (χ3v) is 5.14. The molecule has 4 rings (SSSR count). The van der Waals surface area contributed by atoms with Crippen molar-refractivity contribution in [3.8, 4) is 11.3 Å². The van der Waals surface area contributed by atoms with Crippen molar-refractivity contribution in [2.24, 2.45) is 4.99 Å². The summed E-state index contributed by atoms with van der Waals surface area (Å²) in [4.78, 5) is 28.1. The van der Waals surface area contributed by atoms with Crippen LogP contribution in [-0.2, 0) is 4.79 Å². The summed E-state index contributed by atoms with van der Waals surface area (Å²) < 4.78 is 5.79. The van der Waals surface area contributed by atoms with Crippen LogP contribution in [-0.4, -0.2) is 22.2 Å². The van der Waals surface area contributed by atoms with Crippen molar-refractivity contribution in [3.05, 3.63) is 82.5 Å². The molecule has 29 heavy (non-hydrogen) atoms. The maximum atomic E-state index is 12.2. The van der Waals surface area contributed by atoms with Gasteiger partial charge in [0.25, 0.3) is 5.91 Å². The van der Waals surface area contributed by atoms with E-state index in [1.807, 2.05) is 31.2 Å². The molecule has 2 heterocycles. The number of thioether (sulfide) groups is 1. The zero-order chi connectivity index (χ0) is 20.4. The van der Waals surface area contributed by atoms with Gasteiger partial charge in [0.2, 0.25) is 0 Å². The van der Waals surface area contributed by atoms with E-state index in [1.165, 1.54) is 23.9 Å². The number of carboxylic acid groups (broad SMARTS) is 1. The quantitative estimate of drug-likeness (QED) is 0.607. The van der Waals surface area contributed by atoms with Crippen LogP contribution >= 0.6 is 11.8 Å². The van der Waals surface area contributed by atoms with Crippen LogP contribution in [0.2, 0.25) is 0 Å². The number of rotatable bonds is 4. The first-order valence-electron chi connectivity index (χ1n) is 8.78. The average Bonchev–Trinajstić information content (AvgIpc) is 3.31. The third-order valence-electron chi connectivity index (χ3n) is 4.23. The monoisotopic (exact) mass is 404 g/mol. The normalized spacial score (nSPS) is 16.4. The molecule has 1 amide bonds. The zero-order valence-electron chi connectivity index (χ0n) is 15.4. The van der Waals surface area contributed by atoms with E-state index in [4.69, 9.17) is 9.52 Å². The van der Waals surface area contributed by atoms with E-state index in [9.17, 15) is 9.59 Å². The highest BCUT2D eigenvalue weighted by Crippen LogP contribution is 2.30. The van der Waals surface area contributed by atoms with Crippen molar-refractivity contribution in [2.75, 3.05) is 0 Å². The maximum Gasteiger partial charge on any atom is 0.335 e. The first-order chi connectivity index (χ1) is 14.0. The standard InChI is InChI=1S/C22H16N2O4S/c1-13-2-8-16(9-3-13)23-22-24-20(25)19(29-22)12-17-10-11-18(28-17)14-4-6-15(7-5-14)21(26)27/h2-12H,1H3,(H,26,27)(H,23,24,25)/b19-12+. The molecule has 2 aromatic carbocycles. The van der Waals surface area contributed by atoms with Crippen molar-refractivity contribution >= 4 is 40.6 Å². The number of furan rings is 1. The number of aliphatic imine (C=N–C) groups is 1. The van der Waals surface area contributed by atoms with Crippen LogP contribution in [0.5, 0.6) is 0 Å². The summed E-state index contributed by atoms with van der Waals surface area (Å²) in [7, 11) is 0. The number of amides is 1. The Hall–Kier alpha value is -3.58. The van der Waals surface area contributed by atoms with Crippen molar-refractivity contribution in [2.45, 2.75) is 6.92 Å². The summed E-state index contributed by atoms with van der Waals surface area (Å²) in [5, 5.41) is 12.2. The van der Waals surface area contributed by atoms with Crippen LogP contribution in [0.25, 0.3) is 17.4 Å². The summed E-state index contributed by atoms with van der Waals surface area (Å²) in [5.41, 5.74) is 2.88. The van der Waals surface area contributed by atoms with Gasteiger partial charge in [-0.2, -0.15) is 0 Å². The number of carboxylic acids is 1. The molecule has 0 atom stereocenters. The van der Waals surface area contributed by atoms with E-state index < -0.39 is 5.97 Å². The maximum absolute atomic E-state index is 12.2.